The zero-order chi connectivity index (χ0) is 26.9. The van der Waals surface area contributed by atoms with Crippen LogP contribution in [-0.4, -0.2) is 69.0 Å². The summed E-state index contributed by atoms with van der Waals surface area (Å²) >= 11 is 5.90. The first-order valence-electron chi connectivity index (χ1n) is 13.6. The van der Waals surface area contributed by atoms with E-state index in [1.165, 1.54) is 19.0 Å². The monoisotopic (exact) mass is 550 g/mol. The molecule has 2 saturated carbocycles. The van der Waals surface area contributed by atoms with Crippen LogP contribution < -0.4 is 10.6 Å². The van der Waals surface area contributed by atoms with Gasteiger partial charge in [-0.2, -0.15) is 0 Å². The fourth-order valence-electron chi connectivity index (χ4n) is 5.08. The average Bonchev–Trinajstić information content (AvgIpc) is 3.87. The standard InChI is InChI=1S/C28H31ClN6O4/c29-18-6-9-23(30-14-18)32-24(36)15-35-22-3-1-2-21(28(38)39-16-17-4-5-17)25(22)33-26(35)27(37)31-19-10-12-34(13-11-19)20-7-8-20/h1-3,6,9,14,17,19-20H,4-5,7-8,10-13,15-16H2,(H,31,37)(H,30,32,36). The number of aromatic nitrogens is 3. The lowest BCUT2D eigenvalue weighted by molar-refractivity contribution is -0.116. The van der Waals surface area contributed by atoms with E-state index in [1.807, 2.05) is 0 Å². The molecule has 0 bridgehead atoms. The van der Waals surface area contributed by atoms with E-state index >= 15 is 0 Å². The summed E-state index contributed by atoms with van der Waals surface area (Å²) in [7, 11) is 0. The predicted octanol–water partition coefficient (Wildman–Crippen LogP) is 3.65. The van der Waals surface area contributed by atoms with E-state index in [-0.39, 0.29) is 29.9 Å². The van der Waals surface area contributed by atoms with Gasteiger partial charge in [0.15, 0.2) is 0 Å². The number of esters is 1. The summed E-state index contributed by atoms with van der Waals surface area (Å²) in [6.07, 6.45) is 7.83. The molecule has 3 fully saturated rings. The Labute approximate surface area is 231 Å². The molecule has 3 aliphatic rings. The summed E-state index contributed by atoms with van der Waals surface area (Å²) < 4.78 is 7.05. The second kappa shape index (κ2) is 10.9. The molecule has 204 valence electrons. The topological polar surface area (TPSA) is 118 Å². The molecule has 10 nitrogen and oxygen atoms in total. The number of hydrogen-bond acceptors (Lipinski definition) is 7. The number of hydrogen-bond donors (Lipinski definition) is 2. The first kappa shape index (κ1) is 25.8. The van der Waals surface area contributed by atoms with Gasteiger partial charge in [-0.25, -0.2) is 14.8 Å². The van der Waals surface area contributed by atoms with Gasteiger partial charge in [-0.3, -0.25) is 9.59 Å². The lowest BCUT2D eigenvalue weighted by Gasteiger charge is -2.32. The van der Waals surface area contributed by atoms with Crippen LogP contribution in [-0.2, 0) is 16.1 Å². The largest absolute Gasteiger partial charge is 0.462 e. The summed E-state index contributed by atoms with van der Waals surface area (Å²) in [5.41, 5.74) is 1.12. The van der Waals surface area contributed by atoms with Crippen LogP contribution in [0.3, 0.4) is 0 Å². The number of halogens is 1. The number of rotatable bonds is 9. The number of nitrogens with one attached hydrogen (secondary N) is 2. The number of nitrogens with zero attached hydrogens (tertiary/aromatic N) is 4. The quantitative estimate of drug-likeness (QED) is 0.390. The molecule has 2 aliphatic carbocycles. The number of imidazole rings is 1. The lowest BCUT2D eigenvalue weighted by atomic mass is 10.0. The van der Waals surface area contributed by atoms with Gasteiger partial charge >= 0.3 is 5.97 Å². The Bertz CT molecular complexity index is 1390. The number of anilines is 1. The number of piperidine rings is 1. The highest BCUT2D eigenvalue weighted by Gasteiger charge is 2.33. The Kier molecular flexibility index (Phi) is 7.22. The van der Waals surface area contributed by atoms with Crippen molar-refractivity contribution in [3.8, 4) is 0 Å². The molecular formula is C28H31ClN6O4. The van der Waals surface area contributed by atoms with Crippen LogP contribution in [0, 0.1) is 5.92 Å². The van der Waals surface area contributed by atoms with E-state index in [1.54, 1.807) is 34.9 Å². The maximum atomic E-state index is 13.5. The van der Waals surface area contributed by atoms with E-state index in [9.17, 15) is 14.4 Å². The third kappa shape index (κ3) is 6.07. The zero-order valence-electron chi connectivity index (χ0n) is 21.6. The molecule has 0 radical (unpaired) electrons. The van der Waals surface area contributed by atoms with Crippen molar-refractivity contribution in [2.75, 3.05) is 25.0 Å². The Hall–Kier alpha value is -3.50. The van der Waals surface area contributed by atoms with E-state index in [4.69, 9.17) is 16.3 Å². The summed E-state index contributed by atoms with van der Waals surface area (Å²) in [5.74, 6) is -0.402. The number of para-hydroxylation sites is 1. The van der Waals surface area contributed by atoms with Crippen LogP contribution >= 0.6 is 11.6 Å². The predicted molar refractivity (Wildman–Crippen MR) is 146 cm³/mol. The average molecular weight is 551 g/mol. The highest BCUT2D eigenvalue weighted by molar-refractivity contribution is 6.30. The van der Waals surface area contributed by atoms with E-state index in [0.29, 0.717) is 40.4 Å². The van der Waals surface area contributed by atoms with Gasteiger partial charge in [0.2, 0.25) is 11.7 Å². The number of carbonyl (C=O) groups excluding carboxylic acids is 3. The zero-order valence-corrected chi connectivity index (χ0v) is 22.3. The van der Waals surface area contributed by atoms with Gasteiger partial charge in [-0.05, 0) is 68.7 Å². The summed E-state index contributed by atoms with van der Waals surface area (Å²) in [4.78, 5) is 50.7. The number of pyridine rings is 1. The second-order valence-corrected chi connectivity index (χ2v) is 11.1. The molecule has 1 aromatic carbocycles. The third-order valence-corrected chi connectivity index (χ3v) is 7.80. The minimum atomic E-state index is -0.480. The molecule has 2 amide bonds. The Morgan fingerprint density at radius 3 is 2.51 bits per heavy atom. The summed E-state index contributed by atoms with van der Waals surface area (Å²) in [6, 6.07) is 9.06. The molecule has 0 spiro atoms. The Morgan fingerprint density at radius 1 is 1.03 bits per heavy atom. The van der Waals surface area contributed by atoms with Crippen molar-refractivity contribution in [2.24, 2.45) is 5.92 Å². The molecule has 2 N–H and O–H groups in total. The van der Waals surface area contributed by atoms with Crippen molar-refractivity contribution in [1.82, 2.24) is 24.8 Å². The van der Waals surface area contributed by atoms with E-state index in [0.717, 1.165) is 38.8 Å². The second-order valence-electron chi connectivity index (χ2n) is 10.7. The van der Waals surface area contributed by atoms with Crippen molar-refractivity contribution >= 4 is 46.2 Å². The Morgan fingerprint density at radius 2 is 1.82 bits per heavy atom. The minimum absolute atomic E-state index is 0.0239. The van der Waals surface area contributed by atoms with E-state index < -0.39 is 11.9 Å². The molecule has 11 heteroatoms. The van der Waals surface area contributed by atoms with Crippen LogP contribution in [0.15, 0.2) is 36.5 Å². The summed E-state index contributed by atoms with van der Waals surface area (Å²) in [6.45, 7) is 2.10. The molecule has 39 heavy (non-hydrogen) atoms. The Balaban J connectivity index is 1.25. The number of carbonyl (C=O) groups is 3. The van der Waals surface area contributed by atoms with Crippen molar-refractivity contribution in [3.05, 3.63) is 52.9 Å². The molecular weight excluding hydrogens is 520 g/mol. The maximum absolute atomic E-state index is 13.5. The molecule has 3 aromatic rings. The van der Waals surface area contributed by atoms with Gasteiger partial charge in [0.1, 0.15) is 17.9 Å². The molecule has 3 heterocycles. The van der Waals surface area contributed by atoms with Gasteiger partial charge < -0.3 is 24.8 Å². The first-order valence-corrected chi connectivity index (χ1v) is 13.9. The fraction of sp³-hybridized carbons (Fsp3) is 0.464. The number of benzene rings is 1. The molecule has 0 atom stereocenters. The first-order chi connectivity index (χ1) is 18.9. The third-order valence-electron chi connectivity index (χ3n) is 7.57. The number of amides is 2. The van der Waals surface area contributed by atoms with Crippen LogP contribution in [0.1, 0.15) is 59.5 Å². The van der Waals surface area contributed by atoms with Gasteiger partial charge in [-0.1, -0.05) is 17.7 Å². The fourth-order valence-corrected chi connectivity index (χ4v) is 5.19. The van der Waals surface area contributed by atoms with Crippen molar-refractivity contribution in [3.63, 3.8) is 0 Å². The number of fused-ring (bicyclic) bond motifs is 1. The maximum Gasteiger partial charge on any atom is 0.340 e. The highest BCUT2D eigenvalue weighted by atomic mass is 35.5. The molecule has 0 unspecified atom stereocenters. The van der Waals surface area contributed by atoms with Crippen LogP contribution in [0.5, 0.6) is 0 Å². The number of ether oxygens (including phenoxy) is 1. The lowest BCUT2D eigenvalue weighted by Crippen LogP contribution is -2.45. The SMILES string of the molecule is O=C(Cn1c(C(=O)NC2CCN(C3CC3)CC2)nc2c(C(=O)OCC3CC3)cccc21)Nc1ccc(Cl)cn1. The highest BCUT2D eigenvalue weighted by Crippen LogP contribution is 2.30. The molecule has 1 aliphatic heterocycles. The van der Waals surface area contributed by atoms with Gasteiger partial charge in [-0.15, -0.1) is 0 Å². The molecule has 1 saturated heterocycles. The smallest absolute Gasteiger partial charge is 0.340 e. The van der Waals surface area contributed by atoms with Crippen molar-refractivity contribution < 1.29 is 19.1 Å². The van der Waals surface area contributed by atoms with Gasteiger partial charge in [0, 0.05) is 31.4 Å². The van der Waals surface area contributed by atoms with Crippen LogP contribution in [0.2, 0.25) is 5.02 Å². The molecule has 6 rings (SSSR count). The summed E-state index contributed by atoms with van der Waals surface area (Å²) in [5, 5.41) is 6.31. The van der Waals surface area contributed by atoms with Crippen LogP contribution in [0.25, 0.3) is 11.0 Å². The van der Waals surface area contributed by atoms with Crippen molar-refractivity contribution in [1.29, 1.82) is 0 Å². The van der Waals surface area contributed by atoms with Crippen LogP contribution in [0.4, 0.5) is 5.82 Å². The normalized spacial score (nSPS) is 18.2. The van der Waals surface area contributed by atoms with E-state index in [2.05, 4.69) is 25.5 Å². The van der Waals surface area contributed by atoms with Gasteiger partial charge in [0.05, 0.1) is 22.7 Å². The van der Waals surface area contributed by atoms with Gasteiger partial charge in [0.25, 0.3) is 5.91 Å². The minimum Gasteiger partial charge on any atom is -0.462 e. The van der Waals surface area contributed by atoms with Crippen molar-refractivity contribution in [2.45, 2.75) is 57.2 Å². The number of likely N-dealkylation sites (tertiary alicyclic amines) is 1. The molecule has 2 aromatic heterocycles.